The van der Waals surface area contributed by atoms with Gasteiger partial charge >= 0.3 is 0 Å². The van der Waals surface area contributed by atoms with Gasteiger partial charge in [-0.3, -0.25) is 4.99 Å². The van der Waals surface area contributed by atoms with Crippen LogP contribution in [0.5, 0.6) is 0 Å². The minimum absolute atomic E-state index is 0.336. The third kappa shape index (κ3) is 10.0. The second-order valence-corrected chi connectivity index (χ2v) is 6.85. The molecule has 1 heterocycles. The van der Waals surface area contributed by atoms with Gasteiger partial charge in [-0.15, -0.1) is 0 Å². The lowest BCUT2D eigenvalue weighted by molar-refractivity contribution is 0.582. The van der Waals surface area contributed by atoms with Gasteiger partial charge < -0.3 is 0 Å². The summed E-state index contributed by atoms with van der Waals surface area (Å²) in [6.07, 6.45) is 10.9. The molecule has 1 aliphatic heterocycles. The Morgan fingerprint density at radius 3 is 2.19 bits per heavy atom. The Bertz CT molecular complexity index is 921. The van der Waals surface area contributed by atoms with E-state index in [2.05, 4.69) is 55.1 Å². The Hall–Kier alpha value is -2.99. The van der Waals surface area contributed by atoms with Crippen LogP contribution in [0, 0.1) is 36.3 Å². The summed E-state index contributed by atoms with van der Waals surface area (Å²) in [6, 6.07) is 10.9. The van der Waals surface area contributed by atoms with Gasteiger partial charge in [0.15, 0.2) is 0 Å². The molecule has 164 valence electrons. The minimum atomic E-state index is -0.613. The van der Waals surface area contributed by atoms with Gasteiger partial charge in [0.1, 0.15) is 11.6 Å². The number of hydrogen-bond acceptors (Lipinski definition) is 1. The van der Waals surface area contributed by atoms with Crippen LogP contribution >= 0.6 is 0 Å². The van der Waals surface area contributed by atoms with Gasteiger partial charge in [-0.2, -0.15) is 0 Å². The first-order valence-corrected chi connectivity index (χ1v) is 10.9. The summed E-state index contributed by atoms with van der Waals surface area (Å²) >= 11 is 0. The van der Waals surface area contributed by atoms with Crippen molar-refractivity contribution in [2.45, 2.75) is 47.5 Å². The van der Waals surface area contributed by atoms with E-state index >= 15 is 0 Å². The first-order chi connectivity index (χ1) is 15.0. The van der Waals surface area contributed by atoms with E-state index in [9.17, 15) is 8.78 Å². The van der Waals surface area contributed by atoms with Crippen LogP contribution in [0.1, 0.15) is 57.2 Å². The first-order valence-electron chi connectivity index (χ1n) is 10.9. The maximum atomic E-state index is 12.9. The molecule has 0 N–H and O–H groups in total. The van der Waals surface area contributed by atoms with Crippen LogP contribution in [-0.2, 0) is 0 Å². The van der Waals surface area contributed by atoms with Crippen LogP contribution in [-0.4, -0.2) is 12.8 Å². The monoisotopic (exact) mass is 421 g/mol. The maximum Gasteiger partial charge on any atom is 0.127 e. The van der Waals surface area contributed by atoms with Crippen LogP contribution in [0.15, 0.2) is 71.3 Å². The van der Waals surface area contributed by atoms with Crippen LogP contribution < -0.4 is 0 Å². The minimum Gasteiger partial charge on any atom is -0.293 e. The van der Waals surface area contributed by atoms with Gasteiger partial charge in [-0.05, 0) is 68.7 Å². The molecule has 2 aromatic rings. The Morgan fingerprint density at radius 2 is 1.61 bits per heavy atom. The predicted octanol–water partition coefficient (Wildman–Crippen LogP) is 7.69. The molecule has 0 amide bonds. The van der Waals surface area contributed by atoms with Gasteiger partial charge in [0, 0.05) is 17.2 Å². The summed E-state index contributed by atoms with van der Waals surface area (Å²) in [7, 11) is 0. The van der Waals surface area contributed by atoms with E-state index in [0.29, 0.717) is 11.5 Å². The summed E-state index contributed by atoms with van der Waals surface area (Å²) in [6.45, 7) is 11.2. The standard InChI is InChI=1S/C15H10F2.C11H17N.C2H6/c1-11-2-4-12(5-3-11)6-7-13-8-14(16)10-15(17)9-13;1-3-10-6-5-8-12-9-7-11(10)4-2;1-2/h2-5,8-10H,1H3;3,5-6,9,11H,4,7-8H2,1-2H3;1-2H3/b;6-5-,10-3+,12-9?;. The van der Waals surface area contributed by atoms with Gasteiger partial charge in [0.2, 0.25) is 0 Å². The Labute approximate surface area is 186 Å². The normalized spacial score (nSPS) is 17.0. The van der Waals surface area contributed by atoms with E-state index in [1.165, 1.54) is 24.1 Å². The molecule has 0 saturated heterocycles. The largest absolute Gasteiger partial charge is 0.293 e. The summed E-state index contributed by atoms with van der Waals surface area (Å²) in [5.41, 5.74) is 3.76. The molecule has 2 aromatic carbocycles. The smallest absolute Gasteiger partial charge is 0.127 e. The Kier molecular flexibility index (Phi) is 12.5. The van der Waals surface area contributed by atoms with Crippen molar-refractivity contribution in [2.24, 2.45) is 10.9 Å². The number of benzene rings is 2. The van der Waals surface area contributed by atoms with E-state index in [0.717, 1.165) is 30.2 Å². The fraction of sp³-hybridized carbons (Fsp3) is 0.321. The molecule has 0 fully saturated rings. The third-order valence-electron chi connectivity index (χ3n) is 4.60. The van der Waals surface area contributed by atoms with Crippen molar-refractivity contribution >= 4 is 6.21 Å². The molecule has 1 unspecified atom stereocenters. The number of rotatable bonds is 1. The van der Waals surface area contributed by atoms with Crippen molar-refractivity contribution in [3.63, 3.8) is 0 Å². The molecule has 0 spiro atoms. The lowest BCUT2D eigenvalue weighted by atomic mass is 9.92. The van der Waals surface area contributed by atoms with Crippen molar-refractivity contribution in [2.75, 3.05) is 6.54 Å². The van der Waals surface area contributed by atoms with Crippen LogP contribution in [0.4, 0.5) is 8.78 Å². The van der Waals surface area contributed by atoms with E-state index in [4.69, 9.17) is 0 Å². The second-order valence-electron chi connectivity index (χ2n) is 6.85. The number of allylic oxidation sites excluding steroid dienone is 3. The molecular formula is C28H33F2N. The maximum absolute atomic E-state index is 12.9. The molecule has 0 aliphatic carbocycles. The fourth-order valence-electron chi connectivity index (χ4n) is 2.94. The topological polar surface area (TPSA) is 12.4 Å². The van der Waals surface area contributed by atoms with E-state index in [1.807, 2.05) is 45.0 Å². The zero-order chi connectivity index (χ0) is 23.1. The van der Waals surface area contributed by atoms with Crippen molar-refractivity contribution in [1.29, 1.82) is 0 Å². The van der Waals surface area contributed by atoms with Gasteiger partial charge in [-0.25, -0.2) is 8.78 Å². The average Bonchev–Trinajstić information content (AvgIpc) is 2.75. The first kappa shape index (κ1) is 26.0. The lowest BCUT2D eigenvalue weighted by Crippen LogP contribution is -2.04. The molecular weight excluding hydrogens is 388 g/mol. The average molecular weight is 422 g/mol. The number of nitrogens with zero attached hydrogens (tertiary/aromatic N) is 1. The van der Waals surface area contributed by atoms with Crippen molar-refractivity contribution < 1.29 is 8.78 Å². The number of aryl methyl sites for hydroxylation is 1. The van der Waals surface area contributed by atoms with E-state index in [-0.39, 0.29) is 0 Å². The lowest BCUT2D eigenvalue weighted by Gasteiger charge is -2.14. The van der Waals surface area contributed by atoms with Crippen LogP contribution in [0.25, 0.3) is 0 Å². The van der Waals surface area contributed by atoms with Crippen LogP contribution in [0.2, 0.25) is 0 Å². The number of hydrogen-bond donors (Lipinski definition) is 0. The Balaban J connectivity index is 0.000000303. The number of halogens is 2. The highest BCUT2D eigenvalue weighted by Crippen LogP contribution is 2.20. The zero-order valence-electron chi connectivity index (χ0n) is 19.3. The number of aliphatic imine (C=N–C) groups is 1. The highest BCUT2D eigenvalue weighted by atomic mass is 19.1. The SMILES string of the molecule is C/C=C1\C=C/CN=CCC1CC.CC.Cc1ccc(C#Cc2cc(F)cc(F)c2)cc1. The fourth-order valence-corrected chi connectivity index (χ4v) is 2.94. The molecule has 1 aliphatic rings. The van der Waals surface area contributed by atoms with Gasteiger partial charge in [0.05, 0.1) is 6.54 Å². The van der Waals surface area contributed by atoms with Crippen LogP contribution in [0.3, 0.4) is 0 Å². The summed E-state index contributed by atoms with van der Waals surface area (Å²) < 4.78 is 25.8. The molecule has 1 nitrogen and oxygen atoms in total. The molecule has 3 heteroatoms. The molecule has 0 bridgehead atoms. The van der Waals surface area contributed by atoms with E-state index < -0.39 is 11.6 Å². The predicted molar refractivity (Wildman–Crippen MR) is 130 cm³/mol. The van der Waals surface area contributed by atoms with Gasteiger partial charge in [-0.1, -0.05) is 68.5 Å². The quantitative estimate of drug-likeness (QED) is 0.419. The summed E-state index contributed by atoms with van der Waals surface area (Å²) in [5.74, 6) is 5.04. The molecule has 1 atom stereocenters. The van der Waals surface area contributed by atoms with Crippen molar-refractivity contribution in [1.82, 2.24) is 0 Å². The van der Waals surface area contributed by atoms with Gasteiger partial charge in [0.25, 0.3) is 0 Å². The third-order valence-corrected chi connectivity index (χ3v) is 4.60. The molecule has 3 rings (SSSR count). The van der Waals surface area contributed by atoms with Crippen molar-refractivity contribution in [3.05, 3.63) is 94.6 Å². The highest BCUT2D eigenvalue weighted by molar-refractivity contribution is 5.59. The molecule has 31 heavy (non-hydrogen) atoms. The second kappa shape index (κ2) is 14.9. The molecule has 0 radical (unpaired) electrons. The zero-order valence-corrected chi connectivity index (χ0v) is 19.3. The van der Waals surface area contributed by atoms with Crippen molar-refractivity contribution in [3.8, 4) is 11.8 Å². The Morgan fingerprint density at radius 1 is 1.00 bits per heavy atom. The summed E-state index contributed by atoms with van der Waals surface area (Å²) in [5, 5.41) is 0. The molecule has 0 saturated carbocycles. The highest BCUT2D eigenvalue weighted by Gasteiger charge is 2.08. The van der Waals surface area contributed by atoms with E-state index in [1.54, 1.807) is 0 Å². The summed E-state index contributed by atoms with van der Waals surface area (Å²) in [4.78, 5) is 4.26. The molecule has 0 aromatic heterocycles.